The molecule has 0 bridgehead atoms. The predicted octanol–water partition coefficient (Wildman–Crippen LogP) is 1.60. The number of rotatable bonds is 7. The zero-order valence-electron chi connectivity index (χ0n) is 11.3. The first-order valence-corrected chi connectivity index (χ1v) is 6.20. The number of hydrogen-bond acceptors (Lipinski definition) is 3. The van der Waals surface area contributed by atoms with Gasteiger partial charge in [0, 0.05) is 32.9 Å². The largest absolute Gasteiger partial charge is 0.381 e. The Kier molecular flexibility index (Phi) is 6.21. The summed E-state index contributed by atoms with van der Waals surface area (Å²) < 4.78 is 7.02. The number of aromatic nitrogens is 2. The molecule has 1 aromatic heterocycles. The fraction of sp³-hybridized carbons (Fsp3) is 0.667. The Bertz CT molecular complexity index is 363. The maximum atomic E-state index is 11.5. The van der Waals surface area contributed by atoms with Crippen LogP contribution in [0.2, 0.25) is 0 Å². The van der Waals surface area contributed by atoms with Crippen LogP contribution in [0.3, 0.4) is 0 Å². The average Bonchev–Trinajstić information content (AvgIpc) is 2.69. The SMILES string of the molecule is CC(C)COCCCNC(=O)Nc1ccnn1C. The monoisotopic (exact) mass is 254 g/mol. The van der Waals surface area contributed by atoms with Gasteiger partial charge in [0.1, 0.15) is 5.82 Å². The summed E-state index contributed by atoms with van der Waals surface area (Å²) in [5.41, 5.74) is 0. The minimum atomic E-state index is -0.220. The smallest absolute Gasteiger partial charge is 0.320 e. The molecule has 0 aliphatic heterocycles. The molecule has 1 rings (SSSR count). The zero-order valence-corrected chi connectivity index (χ0v) is 11.3. The second-order valence-corrected chi connectivity index (χ2v) is 4.54. The number of ether oxygens (including phenoxy) is 1. The summed E-state index contributed by atoms with van der Waals surface area (Å²) in [6.07, 6.45) is 2.45. The average molecular weight is 254 g/mol. The van der Waals surface area contributed by atoms with E-state index in [1.807, 2.05) is 0 Å². The van der Waals surface area contributed by atoms with Gasteiger partial charge < -0.3 is 10.1 Å². The minimum Gasteiger partial charge on any atom is -0.381 e. The van der Waals surface area contributed by atoms with Crippen molar-refractivity contribution in [3.63, 3.8) is 0 Å². The molecule has 0 aliphatic rings. The van der Waals surface area contributed by atoms with Gasteiger partial charge in [0.2, 0.25) is 0 Å². The van der Waals surface area contributed by atoms with E-state index in [4.69, 9.17) is 4.74 Å². The van der Waals surface area contributed by atoms with Gasteiger partial charge >= 0.3 is 6.03 Å². The number of carbonyl (C=O) groups is 1. The molecule has 0 aliphatic carbocycles. The molecule has 18 heavy (non-hydrogen) atoms. The lowest BCUT2D eigenvalue weighted by Crippen LogP contribution is -2.30. The van der Waals surface area contributed by atoms with Crippen LogP contribution in [0.25, 0.3) is 0 Å². The molecule has 0 aromatic carbocycles. The van der Waals surface area contributed by atoms with Crippen molar-refractivity contribution in [1.29, 1.82) is 0 Å². The van der Waals surface area contributed by atoms with Crippen molar-refractivity contribution in [2.75, 3.05) is 25.1 Å². The molecule has 2 amide bonds. The lowest BCUT2D eigenvalue weighted by molar-refractivity contribution is 0.108. The van der Waals surface area contributed by atoms with Crippen LogP contribution in [0.4, 0.5) is 10.6 Å². The zero-order chi connectivity index (χ0) is 13.4. The maximum absolute atomic E-state index is 11.5. The summed E-state index contributed by atoms with van der Waals surface area (Å²) >= 11 is 0. The van der Waals surface area contributed by atoms with E-state index in [-0.39, 0.29) is 6.03 Å². The van der Waals surface area contributed by atoms with E-state index in [0.717, 1.165) is 13.0 Å². The van der Waals surface area contributed by atoms with Crippen LogP contribution in [-0.4, -0.2) is 35.6 Å². The van der Waals surface area contributed by atoms with Crippen molar-refractivity contribution < 1.29 is 9.53 Å². The van der Waals surface area contributed by atoms with Crippen LogP contribution in [0.1, 0.15) is 20.3 Å². The van der Waals surface area contributed by atoms with Crippen LogP contribution >= 0.6 is 0 Å². The Labute approximate surface area is 108 Å². The molecular formula is C12H22N4O2. The highest BCUT2D eigenvalue weighted by molar-refractivity contribution is 5.88. The van der Waals surface area contributed by atoms with Gasteiger partial charge in [-0.05, 0) is 12.3 Å². The van der Waals surface area contributed by atoms with E-state index in [1.165, 1.54) is 0 Å². The third kappa shape index (κ3) is 5.67. The molecule has 0 saturated heterocycles. The van der Waals surface area contributed by atoms with Gasteiger partial charge in [-0.3, -0.25) is 10.00 Å². The van der Waals surface area contributed by atoms with E-state index >= 15 is 0 Å². The summed E-state index contributed by atoms with van der Waals surface area (Å²) in [6.45, 7) is 6.26. The molecule has 1 aromatic rings. The Balaban J connectivity index is 2.06. The Morgan fingerprint density at radius 1 is 1.56 bits per heavy atom. The lowest BCUT2D eigenvalue weighted by atomic mass is 10.2. The third-order valence-corrected chi connectivity index (χ3v) is 2.26. The molecule has 0 fully saturated rings. The van der Waals surface area contributed by atoms with Gasteiger partial charge in [0.15, 0.2) is 0 Å². The quantitative estimate of drug-likeness (QED) is 0.726. The van der Waals surface area contributed by atoms with Gasteiger partial charge in [0.25, 0.3) is 0 Å². The molecule has 0 saturated carbocycles. The van der Waals surface area contributed by atoms with Crippen molar-refractivity contribution in [3.8, 4) is 0 Å². The first-order chi connectivity index (χ1) is 8.59. The molecule has 0 unspecified atom stereocenters. The fourth-order valence-corrected chi connectivity index (χ4v) is 1.35. The Hall–Kier alpha value is -1.56. The van der Waals surface area contributed by atoms with Crippen molar-refractivity contribution >= 4 is 11.8 Å². The number of nitrogens with zero attached hydrogens (tertiary/aromatic N) is 2. The highest BCUT2D eigenvalue weighted by Crippen LogP contribution is 2.02. The molecule has 6 nitrogen and oxygen atoms in total. The molecule has 2 N–H and O–H groups in total. The van der Waals surface area contributed by atoms with Crippen molar-refractivity contribution in [2.24, 2.45) is 13.0 Å². The number of anilines is 1. The number of aryl methyl sites for hydroxylation is 1. The summed E-state index contributed by atoms with van der Waals surface area (Å²) in [6, 6.07) is 1.52. The molecule has 102 valence electrons. The molecule has 0 atom stereocenters. The number of nitrogens with one attached hydrogen (secondary N) is 2. The van der Waals surface area contributed by atoms with E-state index in [1.54, 1.807) is 24.0 Å². The third-order valence-electron chi connectivity index (χ3n) is 2.26. The first-order valence-electron chi connectivity index (χ1n) is 6.20. The second kappa shape index (κ2) is 7.71. The maximum Gasteiger partial charge on any atom is 0.320 e. The summed E-state index contributed by atoms with van der Waals surface area (Å²) in [5, 5.41) is 9.44. The van der Waals surface area contributed by atoms with Crippen molar-refractivity contribution in [2.45, 2.75) is 20.3 Å². The molecule has 6 heteroatoms. The van der Waals surface area contributed by atoms with Gasteiger partial charge in [-0.1, -0.05) is 13.8 Å². The van der Waals surface area contributed by atoms with Crippen molar-refractivity contribution in [3.05, 3.63) is 12.3 Å². The van der Waals surface area contributed by atoms with E-state index < -0.39 is 0 Å². The van der Waals surface area contributed by atoms with E-state index in [2.05, 4.69) is 29.6 Å². The normalized spacial score (nSPS) is 10.7. The van der Waals surface area contributed by atoms with E-state index in [9.17, 15) is 4.79 Å². The topological polar surface area (TPSA) is 68.2 Å². The van der Waals surface area contributed by atoms with Crippen LogP contribution in [0.15, 0.2) is 12.3 Å². The highest BCUT2D eigenvalue weighted by Gasteiger charge is 2.03. The second-order valence-electron chi connectivity index (χ2n) is 4.54. The molecule has 0 radical (unpaired) electrons. The summed E-state index contributed by atoms with van der Waals surface area (Å²) in [7, 11) is 1.77. The minimum absolute atomic E-state index is 0.220. The molecular weight excluding hydrogens is 232 g/mol. The van der Waals surface area contributed by atoms with Gasteiger partial charge in [0.05, 0.1) is 6.20 Å². The Morgan fingerprint density at radius 3 is 2.94 bits per heavy atom. The van der Waals surface area contributed by atoms with Gasteiger partial charge in [-0.25, -0.2) is 4.79 Å². The first kappa shape index (κ1) is 14.5. The lowest BCUT2D eigenvalue weighted by Gasteiger charge is -2.09. The van der Waals surface area contributed by atoms with E-state index in [0.29, 0.717) is 24.9 Å². The molecule has 1 heterocycles. The highest BCUT2D eigenvalue weighted by atomic mass is 16.5. The molecule has 0 spiro atoms. The fourth-order valence-electron chi connectivity index (χ4n) is 1.35. The number of carbonyl (C=O) groups excluding carboxylic acids is 1. The number of urea groups is 1. The standard InChI is InChI=1S/C12H22N4O2/c1-10(2)9-18-8-4-6-13-12(17)15-11-5-7-14-16(11)3/h5,7,10H,4,6,8-9H2,1-3H3,(H2,13,15,17). The van der Waals surface area contributed by atoms with Gasteiger partial charge in [-0.2, -0.15) is 5.10 Å². The van der Waals surface area contributed by atoms with Gasteiger partial charge in [-0.15, -0.1) is 0 Å². The number of amides is 2. The van der Waals surface area contributed by atoms with Crippen molar-refractivity contribution in [1.82, 2.24) is 15.1 Å². The van der Waals surface area contributed by atoms with Crippen LogP contribution in [0, 0.1) is 5.92 Å². The van der Waals surface area contributed by atoms with Crippen LogP contribution < -0.4 is 10.6 Å². The van der Waals surface area contributed by atoms with Crippen LogP contribution in [-0.2, 0) is 11.8 Å². The summed E-state index contributed by atoms with van der Waals surface area (Å²) in [4.78, 5) is 11.5. The summed E-state index contributed by atoms with van der Waals surface area (Å²) in [5.74, 6) is 1.22. The number of hydrogen-bond donors (Lipinski definition) is 2. The predicted molar refractivity (Wildman–Crippen MR) is 70.5 cm³/mol. The van der Waals surface area contributed by atoms with Crippen LogP contribution in [0.5, 0.6) is 0 Å². The Morgan fingerprint density at radius 2 is 2.33 bits per heavy atom.